The molecule has 138 valence electrons. The maximum Gasteiger partial charge on any atom is 0.250 e. The van der Waals surface area contributed by atoms with Crippen molar-refractivity contribution in [3.63, 3.8) is 0 Å². The number of hydrogen-bond donors (Lipinski definition) is 1. The molecule has 1 N–H and O–H groups in total. The molecule has 0 radical (unpaired) electrons. The lowest BCUT2D eigenvalue weighted by Gasteiger charge is -2.25. The topological polar surface area (TPSA) is 41.5 Å². The number of carbonyl (C=O) groups excluding carboxylic acids is 1. The van der Waals surface area contributed by atoms with E-state index in [1.165, 1.54) is 11.1 Å². The molecule has 0 bridgehead atoms. The molecular formula is C21H25BrN2OS. The van der Waals surface area contributed by atoms with Crippen LogP contribution in [0.1, 0.15) is 38.3 Å². The average molecular weight is 433 g/mol. The summed E-state index contributed by atoms with van der Waals surface area (Å²) in [6.07, 6.45) is 0.794. The molecule has 0 saturated carbocycles. The maximum absolute atomic E-state index is 12.0. The minimum absolute atomic E-state index is 0.0188. The first kappa shape index (κ1) is 20.7. The summed E-state index contributed by atoms with van der Waals surface area (Å²) in [5.74, 6) is 1.13. The third-order valence-corrected chi connectivity index (χ3v) is 5.51. The van der Waals surface area contributed by atoms with Gasteiger partial charge in [-0.1, -0.05) is 72.2 Å². The standard InChI is InChI=1S/C21H25BrN2OS/c1-16(13-21(2,3)18-9-5-4-6-10-18)23-24-20(25)15-26-14-17-8-7-11-19(22)12-17/h4-12H,13-15H2,1-3H3,(H,24,25). The van der Waals surface area contributed by atoms with Gasteiger partial charge in [-0.2, -0.15) is 5.10 Å². The highest BCUT2D eigenvalue weighted by molar-refractivity contribution is 9.10. The quantitative estimate of drug-likeness (QED) is 0.439. The Hall–Kier alpha value is -1.59. The largest absolute Gasteiger partial charge is 0.272 e. The van der Waals surface area contributed by atoms with E-state index in [2.05, 4.69) is 64.6 Å². The van der Waals surface area contributed by atoms with Gasteiger partial charge >= 0.3 is 0 Å². The molecule has 26 heavy (non-hydrogen) atoms. The zero-order valence-electron chi connectivity index (χ0n) is 15.5. The molecule has 0 atom stereocenters. The minimum atomic E-state index is -0.0677. The van der Waals surface area contributed by atoms with Gasteiger partial charge in [0.25, 0.3) is 0 Å². The second-order valence-electron chi connectivity index (χ2n) is 6.93. The first-order valence-electron chi connectivity index (χ1n) is 8.56. The average Bonchev–Trinajstić information content (AvgIpc) is 2.60. The first-order chi connectivity index (χ1) is 12.4. The van der Waals surface area contributed by atoms with Crippen molar-refractivity contribution in [3.8, 4) is 0 Å². The molecule has 0 fully saturated rings. The van der Waals surface area contributed by atoms with Crippen LogP contribution < -0.4 is 5.43 Å². The number of carbonyl (C=O) groups is 1. The van der Waals surface area contributed by atoms with E-state index in [1.807, 2.05) is 37.3 Å². The van der Waals surface area contributed by atoms with Crippen molar-refractivity contribution in [1.82, 2.24) is 5.43 Å². The monoisotopic (exact) mass is 432 g/mol. The molecule has 0 saturated heterocycles. The van der Waals surface area contributed by atoms with Gasteiger partial charge in [-0.3, -0.25) is 4.79 Å². The molecule has 0 spiro atoms. The fourth-order valence-corrected chi connectivity index (χ4v) is 3.96. The number of hydrogen-bond acceptors (Lipinski definition) is 3. The lowest BCUT2D eigenvalue weighted by Crippen LogP contribution is -2.25. The molecule has 2 aromatic carbocycles. The Bertz CT molecular complexity index is 760. The number of nitrogens with one attached hydrogen (secondary N) is 1. The Morgan fingerprint density at radius 1 is 1.15 bits per heavy atom. The Balaban J connectivity index is 1.78. The molecule has 3 nitrogen and oxygen atoms in total. The van der Waals surface area contributed by atoms with E-state index in [0.29, 0.717) is 5.75 Å². The highest BCUT2D eigenvalue weighted by Gasteiger charge is 2.21. The fourth-order valence-electron chi connectivity index (χ4n) is 2.75. The molecule has 5 heteroatoms. The van der Waals surface area contributed by atoms with Gasteiger partial charge in [0.15, 0.2) is 0 Å². The fraction of sp³-hybridized carbons (Fsp3) is 0.333. The van der Waals surface area contributed by atoms with Gasteiger partial charge in [-0.15, -0.1) is 11.8 Å². The van der Waals surface area contributed by atoms with Gasteiger partial charge < -0.3 is 0 Å². The zero-order chi connectivity index (χ0) is 19.0. The van der Waals surface area contributed by atoms with E-state index in [1.54, 1.807) is 11.8 Å². The summed E-state index contributed by atoms with van der Waals surface area (Å²) in [6.45, 7) is 6.34. The van der Waals surface area contributed by atoms with Crippen molar-refractivity contribution in [2.75, 3.05) is 5.75 Å². The summed E-state index contributed by atoms with van der Waals surface area (Å²) >= 11 is 5.04. The summed E-state index contributed by atoms with van der Waals surface area (Å²) in [7, 11) is 0. The molecule has 2 aromatic rings. The Morgan fingerprint density at radius 3 is 2.58 bits per heavy atom. The van der Waals surface area contributed by atoms with Gasteiger partial charge in [-0.05, 0) is 42.0 Å². The highest BCUT2D eigenvalue weighted by atomic mass is 79.9. The SMILES string of the molecule is CC(CC(C)(C)c1ccccc1)=NNC(=O)CSCc1cccc(Br)c1. The van der Waals surface area contributed by atoms with E-state index in [-0.39, 0.29) is 11.3 Å². The minimum Gasteiger partial charge on any atom is -0.272 e. The Kier molecular flexibility index (Phi) is 7.91. The third kappa shape index (κ3) is 6.96. The van der Waals surface area contributed by atoms with Crippen LogP contribution in [0.25, 0.3) is 0 Å². The molecule has 2 rings (SSSR count). The lowest BCUT2D eigenvalue weighted by atomic mass is 9.80. The van der Waals surface area contributed by atoms with Crippen LogP contribution in [0, 0.1) is 0 Å². The van der Waals surface area contributed by atoms with Crippen molar-refractivity contribution < 1.29 is 4.79 Å². The normalized spacial score (nSPS) is 12.1. The highest BCUT2D eigenvalue weighted by Crippen LogP contribution is 2.27. The van der Waals surface area contributed by atoms with E-state index < -0.39 is 0 Å². The van der Waals surface area contributed by atoms with Crippen molar-refractivity contribution in [3.05, 3.63) is 70.2 Å². The van der Waals surface area contributed by atoms with Gasteiger partial charge in [0, 0.05) is 15.9 Å². The Morgan fingerprint density at radius 2 is 1.88 bits per heavy atom. The first-order valence-corrected chi connectivity index (χ1v) is 10.5. The van der Waals surface area contributed by atoms with E-state index in [4.69, 9.17) is 0 Å². The molecule has 0 aliphatic heterocycles. The summed E-state index contributed by atoms with van der Waals surface area (Å²) in [5.41, 5.74) is 6.04. The lowest BCUT2D eigenvalue weighted by molar-refractivity contribution is -0.118. The molecule has 0 heterocycles. The van der Waals surface area contributed by atoms with E-state index >= 15 is 0 Å². The van der Waals surface area contributed by atoms with Crippen molar-refractivity contribution in [2.45, 2.75) is 38.4 Å². The summed E-state index contributed by atoms with van der Waals surface area (Å²) in [6, 6.07) is 18.5. The number of hydrazone groups is 1. The maximum atomic E-state index is 12.0. The van der Waals surface area contributed by atoms with Gasteiger partial charge in [0.1, 0.15) is 0 Å². The molecular weight excluding hydrogens is 408 g/mol. The molecule has 0 unspecified atom stereocenters. The number of benzene rings is 2. The number of halogens is 1. The molecule has 0 aromatic heterocycles. The van der Waals surface area contributed by atoms with Gasteiger partial charge in [0.2, 0.25) is 5.91 Å². The van der Waals surface area contributed by atoms with Crippen LogP contribution in [0.15, 0.2) is 64.2 Å². The number of nitrogens with zero attached hydrogens (tertiary/aromatic N) is 1. The van der Waals surface area contributed by atoms with Crippen LogP contribution in [-0.2, 0) is 16.0 Å². The van der Waals surface area contributed by atoms with Crippen LogP contribution in [0.5, 0.6) is 0 Å². The second-order valence-corrected chi connectivity index (χ2v) is 8.83. The summed E-state index contributed by atoms with van der Waals surface area (Å²) < 4.78 is 1.06. The molecule has 1 amide bonds. The van der Waals surface area contributed by atoms with Crippen molar-refractivity contribution >= 4 is 39.3 Å². The van der Waals surface area contributed by atoms with Gasteiger partial charge in [-0.25, -0.2) is 5.43 Å². The summed E-state index contributed by atoms with van der Waals surface area (Å²) in [4.78, 5) is 12.0. The second kappa shape index (κ2) is 9.93. The predicted octanol–water partition coefficient (Wildman–Crippen LogP) is 5.54. The predicted molar refractivity (Wildman–Crippen MR) is 116 cm³/mol. The van der Waals surface area contributed by atoms with E-state index in [9.17, 15) is 4.79 Å². The third-order valence-electron chi connectivity index (χ3n) is 4.02. The van der Waals surface area contributed by atoms with Crippen LogP contribution >= 0.6 is 27.7 Å². The van der Waals surface area contributed by atoms with Crippen LogP contribution in [0.4, 0.5) is 0 Å². The smallest absolute Gasteiger partial charge is 0.250 e. The van der Waals surface area contributed by atoms with Crippen molar-refractivity contribution in [1.29, 1.82) is 0 Å². The van der Waals surface area contributed by atoms with Crippen LogP contribution in [0.3, 0.4) is 0 Å². The van der Waals surface area contributed by atoms with Crippen molar-refractivity contribution in [2.24, 2.45) is 5.10 Å². The zero-order valence-corrected chi connectivity index (χ0v) is 17.9. The summed E-state index contributed by atoms with van der Waals surface area (Å²) in [5, 5.41) is 4.27. The van der Waals surface area contributed by atoms with Crippen LogP contribution in [-0.4, -0.2) is 17.4 Å². The molecule has 0 aliphatic carbocycles. The van der Waals surface area contributed by atoms with Gasteiger partial charge in [0.05, 0.1) is 5.75 Å². The van der Waals surface area contributed by atoms with Crippen LogP contribution in [0.2, 0.25) is 0 Å². The molecule has 0 aliphatic rings. The number of amides is 1. The number of rotatable bonds is 8. The van der Waals surface area contributed by atoms with E-state index in [0.717, 1.165) is 22.4 Å². The Labute approximate surface area is 168 Å². The number of thioether (sulfide) groups is 1.